The number of nitrogens with one attached hydrogen (secondary N) is 1. The van der Waals surface area contributed by atoms with E-state index in [0.29, 0.717) is 6.04 Å². The molecule has 2 aromatic rings. The standard InChI is InChI=1S/C18H25NOS/c1-4-11-19-14(2)12-15(3)21(20)18-10-9-16-7-5-6-8-17(16)13-18/h5-10,13-15,19H,4,11-12H2,1-3H3. The Morgan fingerprint density at radius 1 is 1.10 bits per heavy atom. The Morgan fingerprint density at radius 2 is 1.81 bits per heavy atom. The lowest BCUT2D eigenvalue weighted by Gasteiger charge is -2.18. The van der Waals surface area contributed by atoms with Crippen LogP contribution in [0.15, 0.2) is 47.4 Å². The third-order valence-electron chi connectivity index (χ3n) is 3.75. The zero-order chi connectivity index (χ0) is 15.2. The monoisotopic (exact) mass is 303 g/mol. The van der Waals surface area contributed by atoms with Gasteiger partial charge in [-0.05, 0) is 49.2 Å². The zero-order valence-corrected chi connectivity index (χ0v) is 14.0. The first-order valence-corrected chi connectivity index (χ1v) is 8.96. The lowest BCUT2D eigenvalue weighted by atomic mass is 10.1. The molecular formula is C18H25NOS. The molecule has 3 unspecified atom stereocenters. The van der Waals surface area contributed by atoms with Crippen molar-refractivity contribution >= 4 is 21.6 Å². The summed E-state index contributed by atoms with van der Waals surface area (Å²) in [4.78, 5) is 0.934. The Labute approximate surface area is 130 Å². The second-order valence-electron chi connectivity index (χ2n) is 5.71. The molecule has 0 aromatic heterocycles. The Kier molecular flexibility index (Phi) is 5.95. The van der Waals surface area contributed by atoms with Crippen molar-refractivity contribution in [3.05, 3.63) is 42.5 Å². The molecule has 0 saturated heterocycles. The molecule has 2 nitrogen and oxygen atoms in total. The summed E-state index contributed by atoms with van der Waals surface area (Å²) in [6, 6.07) is 14.7. The molecule has 3 atom stereocenters. The van der Waals surface area contributed by atoms with Gasteiger partial charge in [0.25, 0.3) is 0 Å². The van der Waals surface area contributed by atoms with E-state index in [1.807, 2.05) is 18.2 Å². The van der Waals surface area contributed by atoms with Gasteiger partial charge in [-0.1, -0.05) is 44.2 Å². The van der Waals surface area contributed by atoms with Gasteiger partial charge in [-0.2, -0.15) is 0 Å². The van der Waals surface area contributed by atoms with Gasteiger partial charge < -0.3 is 5.32 Å². The Morgan fingerprint density at radius 3 is 2.52 bits per heavy atom. The maximum absolute atomic E-state index is 12.7. The van der Waals surface area contributed by atoms with Crippen LogP contribution < -0.4 is 5.32 Å². The van der Waals surface area contributed by atoms with Crippen LogP contribution in [0.4, 0.5) is 0 Å². The topological polar surface area (TPSA) is 29.1 Å². The predicted molar refractivity (Wildman–Crippen MR) is 92.2 cm³/mol. The molecule has 3 heteroatoms. The highest BCUT2D eigenvalue weighted by Crippen LogP contribution is 2.21. The van der Waals surface area contributed by atoms with Gasteiger partial charge >= 0.3 is 0 Å². The minimum absolute atomic E-state index is 0.158. The lowest BCUT2D eigenvalue weighted by molar-refractivity contribution is 0.508. The fourth-order valence-electron chi connectivity index (χ4n) is 2.58. The van der Waals surface area contributed by atoms with Crippen LogP contribution in [0.1, 0.15) is 33.6 Å². The van der Waals surface area contributed by atoms with E-state index in [4.69, 9.17) is 0 Å². The molecule has 0 bridgehead atoms. The Hall–Kier alpha value is -1.19. The third-order valence-corrected chi connectivity index (χ3v) is 5.39. The maximum Gasteiger partial charge on any atom is 0.0558 e. The molecule has 0 fully saturated rings. The van der Waals surface area contributed by atoms with Gasteiger partial charge in [0, 0.05) is 16.2 Å². The van der Waals surface area contributed by atoms with Gasteiger partial charge in [0.15, 0.2) is 0 Å². The highest BCUT2D eigenvalue weighted by molar-refractivity contribution is 7.85. The molecule has 21 heavy (non-hydrogen) atoms. The van der Waals surface area contributed by atoms with Crippen molar-refractivity contribution in [1.29, 1.82) is 0 Å². The van der Waals surface area contributed by atoms with E-state index < -0.39 is 10.8 Å². The summed E-state index contributed by atoms with van der Waals surface area (Å²) in [6.45, 7) is 7.44. The van der Waals surface area contributed by atoms with Crippen molar-refractivity contribution in [2.75, 3.05) is 6.54 Å². The van der Waals surface area contributed by atoms with Crippen molar-refractivity contribution in [2.24, 2.45) is 0 Å². The first-order chi connectivity index (χ1) is 10.1. The molecular weight excluding hydrogens is 278 g/mol. The van der Waals surface area contributed by atoms with Crippen LogP contribution in [-0.2, 0) is 10.8 Å². The number of rotatable bonds is 7. The van der Waals surface area contributed by atoms with E-state index in [1.54, 1.807) is 0 Å². The zero-order valence-electron chi connectivity index (χ0n) is 13.1. The van der Waals surface area contributed by atoms with Crippen molar-refractivity contribution in [3.63, 3.8) is 0 Å². The number of hydrogen-bond acceptors (Lipinski definition) is 2. The largest absolute Gasteiger partial charge is 0.314 e. The summed E-state index contributed by atoms with van der Waals surface area (Å²) in [7, 11) is -0.950. The average Bonchev–Trinajstić information content (AvgIpc) is 2.51. The van der Waals surface area contributed by atoms with Gasteiger partial charge in [0.05, 0.1) is 10.8 Å². The minimum atomic E-state index is -0.950. The van der Waals surface area contributed by atoms with Gasteiger partial charge in [-0.3, -0.25) is 4.21 Å². The first kappa shape index (κ1) is 16.2. The first-order valence-electron chi connectivity index (χ1n) is 7.74. The van der Waals surface area contributed by atoms with Crippen LogP contribution >= 0.6 is 0 Å². The quantitative estimate of drug-likeness (QED) is 0.834. The number of fused-ring (bicyclic) bond motifs is 1. The molecule has 0 radical (unpaired) electrons. The molecule has 0 amide bonds. The van der Waals surface area contributed by atoms with Crippen LogP contribution in [0, 0.1) is 0 Å². The molecule has 0 spiro atoms. The minimum Gasteiger partial charge on any atom is -0.314 e. The predicted octanol–water partition coefficient (Wildman–Crippen LogP) is 4.11. The van der Waals surface area contributed by atoms with E-state index >= 15 is 0 Å². The van der Waals surface area contributed by atoms with Gasteiger partial charge in [0.2, 0.25) is 0 Å². The van der Waals surface area contributed by atoms with Crippen LogP contribution in [0.25, 0.3) is 10.8 Å². The molecule has 0 heterocycles. The fourth-order valence-corrected chi connectivity index (χ4v) is 3.96. The summed E-state index contributed by atoms with van der Waals surface area (Å²) in [6.07, 6.45) is 2.06. The smallest absolute Gasteiger partial charge is 0.0558 e. The number of hydrogen-bond donors (Lipinski definition) is 1. The van der Waals surface area contributed by atoms with E-state index in [-0.39, 0.29) is 5.25 Å². The normalized spacial score (nSPS) is 15.8. The summed E-state index contributed by atoms with van der Waals surface area (Å²) in [5, 5.41) is 5.98. The Bertz CT molecular complexity index is 611. The van der Waals surface area contributed by atoms with E-state index in [0.717, 1.165) is 29.7 Å². The summed E-state index contributed by atoms with van der Waals surface area (Å²) in [5.41, 5.74) is 0. The third kappa shape index (κ3) is 4.39. The molecule has 1 N–H and O–H groups in total. The lowest BCUT2D eigenvalue weighted by Crippen LogP contribution is -2.31. The van der Waals surface area contributed by atoms with Gasteiger partial charge in [-0.15, -0.1) is 0 Å². The highest BCUT2D eigenvalue weighted by Gasteiger charge is 2.16. The van der Waals surface area contributed by atoms with Crippen LogP contribution in [-0.4, -0.2) is 22.0 Å². The van der Waals surface area contributed by atoms with E-state index in [2.05, 4.69) is 50.4 Å². The molecule has 2 aromatic carbocycles. The van der Waals surface area contributed by atoms with E-state index in [1.165, 1.54) is 5.39 Å². The fraction of sp³-hybridized carbons (Fsp3) is 0.444. The summed E-state index contributed by atoms with van der Waals surface area (Å²) < 4.78 is 12.7. The summed E-state index contributed by atoms with van der Waals surface area (Å²) in [5.74, 6) is 0. The molecule has 0 aliphatic carbocycles. The summed E-state index contributed by atoms with van der Waals surface area (Å²) >= 11 is 0. The second kappa shape index (κ2) is 7.71. The van der Waals surface area contributed by atoms with Crippen LogP contribution in [0.5, 0.6) is 0 Å². The highest BCUT2D eigenvalue weighted by atomic mass is 32.2. The second-order valence-corrected chi connectivity index (χ2v) is 7.58. The van der Waals surface area contributed by atoms with Crippen LogP contribution in [0.3, 0.4) is 0 Å². The SMILES string of the molecule is CCCNC(C)CC(C)S(=O)c1ccc2ccccc2c1. The van der Waals surface area contributed by atoms with Crippen molar-refractivity contribution in [1.82, 2.24) is 5.32 Å². The number of benzene rings is 2. The van der Waals surface area contributed by atoms with Crippen molar-refractivity contribution in [2.45, 2.75) is 49.8 Å². The molecule has 114 valence electrons. The van der Waals surface area contributed by atoms with Crippen LogP contribution in [0.2, 0.25) is 0 Å². The van der Waals surface area contributed by atoms with Crippen molar-refractivity contribution < 1.29 is 4.21 Å². The molecule has 0 saturated carbocycles. The molecule has 0 aliphatic rings. The van der Waals surface area contributed by atoms with Gasteiger partial charge in [0.1, 0.15) is 0 Å². The average molecular weight is 303 g/mol. The van der Waals surface area contributed by atoms with Gasteiger partial charge in [-0.25, -0.2) is 0 Å². The molecule has 2 rings (SSSR count). The Balaban J connectivity index is 2.06. The van der Waals surface area contributed by atoms with Crippen molar-refractivity contribution in [3.8, 4) is 0 Å². The maximum atomic E-state index is 12.7. The van der Waals surface area contributed by atoms with E-state index in [9.17, 15) is 4.21 Å². The molecule has 0 aliphatic heterocycles.